The summed E-state index contributed by atoms with van der Waals surface area (Å²) < 4.78 is 15.6. The number of rotatable bonds is 1. The van der Waals surface area contributed by atoms with E-state index in [0.717, 1.165) is 5.69 Å². The van der Waals surface area contributed by atoms with Crippen molar-refractivity contribution in [3.05, 3.63) is 47.9 Å². The predicted molar refractivity (Wildman–Crippen MR) is 67.5 cm³/mol. The van der Waals surface area contributed by atoms with Gasteiger partial charge in [-0.25, -0.2) is 4.39 Å². The number of fused-ring (bicyclic) bond motifs is 1. The third kappa shape index (κ3) is 1.44. The minimum Gasteiger partial charge on any atom is -0.396 e. The zero-order chi connectivity index (χ0) is 12.7. The van der Waals surface area contributed by atoms with E-state index in [1.165, 1.54) is 6.07 Å². The Labute approximate surface area is 103 Å². The van der Waals surface area contributed by atoms with Gasteiger partial charge in [0, 0.05) is 5.69 Å². The lowest BCUT2D eigenvalue weighted by molar-refractivity contribution is 0.629. The smallest absolute Gasteiger partial charge is 0.184 e. The molecule has 0 fully saturated rings. The van der Waals surface area contributed by atoms with Crippen molar-refractivity contribution in [2.75, 3.05) is 5.73 Å². The van der Waals surface area contributed by atoms with Gasteiger partial charge >= 0.3 is 0 Å². The molecule has 0 unspecified atom stereocenters. The fraction of sp³-hybridized carbons (Fsp3) is 0.0769. The maximum atomic E-state index is 13.8. The van der Waals surface area contributed by atoms with Crippen molar-refractivity contribution in [1.29, 1.82) is 0 Å². The standard InChI is InChI=1S/C13H11FN4/c1-8-6-7-11(15)13-17-16-12(18(8)13)9-4-2-3-5-10(9)14/h2-7H,15H2,1H3. The van der Waals surface area contributed by atoms with E-state index in [2.05, 4.69) is 10.2 Å². The zero-order valence-corrected chi connectivity index (χ0v) is 9.76. The summed E-state index contributed by atoms with van der Waals surface area (Å²) in [7, 11) is 0. The highest BCUT2D eigenvalue weighted by Crippen LogP contribution is 2.24. The summed E-state index contributed by atoms with van der Waals surface area (Å²) in [6.07, 6.45) is 0. The number of hydrogen-bond donors (Lipinski definition) is 1. The molecule has 0 saturated heterocycles. The zero-order valence-electron chi connectivity index (χ0n) is 9.76. The predicted octanol–water partition coefficient (Wildman–Crippen LogP) is 2.43. The van der Waals surface area contributed by atoms with E-state index in [4.69, 9.17) is 5.73 Å². The van der Waals surface area contributed by atoms with Crippen LogP contribution in [0.3, 0.4) is 0 Å². The molecule has 0 atom stereocenters. The first-order valence-corrected chi connectivity index (χ1v) is 5.53. The maximum Gasteiger partial charge on any atom is 0.184 e. The molecule has 0 aliphatic heterocycles. The van der Waals surface area contributed by atoms with Gasteiger partial charge in [0.25, 0.3) is 0 Å². The summed E-state index contributed by atoms with van der Waals surface area (Å²) in [6, 6.07) is 10.1. The van der Waals surface area contributed by atoms with Gasteiger partial charge in [-0.2, -0.15) is 0 Å². The Morgan fingerprint density at radius 1 is 1.11 bits per heavy atom. The van der Waals surface area contributed by atoms with Crippen molar-refractivity contribution in [3.8, 4) is 11.4 Å². The van der Waals surface area contributed by atoms with Crippen LogP contribution < -0.4 is 5.73 Å². The SMILES string of the molecule is Cc1ccc(N)c2nnc(-c3ccccc3F)n12. The summed E-state index contributed by atoms with van der Waals surface area (Å²) in [5.74, 6) is 0.140. The van der Waals surface area contributed by atoms with Crippen molar-refractivity contribution in [3.63, 3.8) is 0 Å². The molecule has 0 bridgehead atoms. The maximum absolute atomic E-state index is 13.8. The van der Waals surface area contributed by atoms with Crippen LogP contribution in [0.15, 0.2) is 36.4 Å². The fourth-order valence-corrected chi connectivity index (χ4v) is 1.98. The molecular formula is C13H11FN4. The number of pyridine rings is 1. The van der Waals surface area contributed by atoms with Gasteiger partial charge in [0.1, 0.15) is 5.82 Å². The largest absolute Gasteiger partial charge is 0.396 e. The number of nitrogens with zero attached hydrogens (tertiary/aromatic N) is 3. The summed E-state index contributed by atoms with van der Waals surface area (Å²) in [4.78, 5) is 0. The number of aromatic nitrogens is 3. The molecule has 18 heavy (non-hydrogen) atoms. The van der Waals surface area contributed by atoms with Crippen LogP contribution >= 0.6 is 0 Å². The number of anilines is 1. The van der Waals surface area contributed by atoms with Gasteiger partial charge in [0.15, 0.2) is 11.5 Å². The highest BCUT2D eigenvalue weighted by molar-refractivity contribution is 5.70. The van der Waals surface area contributed by atoms with Crippen LogP contribution in [0.25, 0.3) is 17.0 Å². The molecule has 5 heteroatoms. The van der Waals surface area contributed by atoms with E-state index in [0.29, 0.717) is 22.7 Å². The average Bonchev–Trinajstić information content (AvgIpc) is 2.80. The van der Waals surface area contributed by atoms with Gasteiger partial charge in [0.05, 0.1) is 11.3 Å². The molecule has 4 nitrogen and oxygen atoms in total. The van der Waals surface area contributed by atoms with Crippen LogP contribution in [0, 0.1) is 12.7 Å². The molecule has 2 aromatic heterocycles. The van der Waals surface area contributed by atoms with Gasteiger partial charge in [-0.3, -0.25) is 4.40 Å². The minimum absolute atomic E-state index is 0.325. The third-order valence-corrected chi connectivity index (χ3v) is 2.89. The molecule has 90 valence electrons. The monoisotopic (exact) mass is 242 g/mol. The molecular weight excluding hydrogens is 231 g/mol. The lowest BCUT2D eigenvalue weighted by Gasteiger charge is -2.05. The average molecular weight is 242 g/mol. The normalized spacial score (nSPS) is 11.0. The van der Waals surface area contributed by atoms with Gasteiger partial charge in [0.2, 0.25) is 0 Å². The molecule has 2 heterocycles. The quantitative estimate of drug-likeness (QED) is 0.713. The number of aryl methyl sites for hydroxylation is 1. The molecule has 0 aliphatic rings. The van der Waals surface area contributed by atoms with Gasteiger partial charge in [-0.15, -0.1) is 10.2 Å². The van der Waals surface area contributed by atoms with E-state index in [1.54, 1.807) is 28.7 Å². The van der Waals surface area contributed by atoms with Crippen LogP contribution in [0.4, 0.5) is 10.1 Å². The van der Waals surface area contributed by atoms with Crippen LogP contribution in [-0.4, -0.2) is 14.6 Å². The second-order valence-electron chi connectivity index (χ2n) is 4.09. The van der Waals surface area contributed by atoms with Crippen molar-refractivity contribution in [1.82, 2.24) is 14.6 Å². The molecule has 1 aromatic carbocycles. The van der Waals surface area contributed by atoms with Crippen LogP contribution in [-0.2, 0) is 0 Å². The molecule has 0 saturated carbocycles. The van der Waals surface area contributed by atoms with Crippen molar-refractivity contribution in [2.24, 2.45) is 0 Å². The summed E-state index contributed by atoms with van der Waals surface area (Å²) in [5.41, 5.74) is 8.23. The first kappa shape index (κ1) is 10.7. The van der Waals surface area contributed by atoms with E-state index in [9.17, 15) is 4.39 Å². The molecule has 3 aromatic rings. The number of nitrogen functional groups attached to an aromatic ring is 1. The van der Waals surface area contributed by atoms with Gasteiger partial charge in [-0.1, -0.05) is 12.1 Å². The summed E-state index contributed by atoms with van der Waals surface area (Å²) >= 11 is 0. The van der Waals surface area contributed by atoms with E-state index < -0.39 is 0 Å². The Kier molecular flexibility index (Phi) is 2.26. The number of nitrogens with two attached hydrogens (primary N) is 1. The molecule has 2 N–H and O–H groups in total. The van der Waals surface area contributed by atoms with E-state index in [-0.39, 0.29) is 5.82 Å². The second kappa shape index (κ2) is 3.80. The Hall–Kier alpha value is -2.43. The molecule has 0 amide bonds. The van der Waals surface area contributed by atoms with Crippen LogP contribution in [0.2, 0.25) is 0 Å². The molecule has 0 radical (unpaired) electrons. The van der Waals surface area contributed by atoms with Crippen LogP contribution in [0.1, 0.15) is 5.69 Å². The number of halogens is 1. The lowest BCUT2D eigenvalue weighted by atomic mass is 10.2. The second-order valence-corrected chi connectivity index (χ2v) is 4.09. The fourth-order valence-electron chi connectivity index (χ4n) is 1.98. The lowest BCUT2D eigenvalue weighted by Crippen LogP contribution is -1.98. The Bertz CT molecular complexity index is 733. The van der Waals surface area contributed by atoms with E-state index >= 15 is 0 Å². The third-order valence-electron chi connectivity index (χ3n) is 2.89. The summed E-state index contributed by atoms with van der Waals surface area (Å²) in [6.45, 7) is 1.90. The Morgan fingerprint density at radius 2 is 1.89 bits per heavy atom. The summed E-state index contributed by atoms with van der Waals surface area (Å²) in [5, 5.41) is 8.06. The molecule has 0 aliphatic carbocycles. The van der Waals surface area contributed by atoms with Crippen LogP contribution in [0.5, 0.6) is 0 Å². The number of hydrogen-bond acceptors (Lipinski definition) is 3. The Morgan fingerprint density at radius 3 is 2.67 bits per heavy atom. The highest BCUT2D eigenvalue weighted by atomic mass is 19.1. The topological polar surface area (TPSA) is 56.2 Å². The Balaban J connectivity index is 2.38. The first-order valence-electron chi connectivity index (χ1n) is 5.53. The van der Waals surface area contributed by atoms with Crippen molar-refractivity contribution < 1.29 is 4.39 Å². The van der Waals surface area contributed by atoms with E-state index in [1.807, 2.05) is 13.0 Å². The van der Waals surface area contributed by atoms with Gasteiger partial charge < -0.3 is 5.73 Å². The van der Waals surface area contributed by atoms with Crippen molar-refractivity contribution >= 4 is 11.3 Å². The molecule has 0 spiro atoms. The van der Waals surface area contributed by atoms with Gasteiger partial charge in [-0.05, 0) is 31.2 Å². The number of benzene rings is 1. The highest BCUT2D eigenvalue weighted by Gasteiger charge is 2.14. The van der Waals surface area contributed by atoms with Crippen molar-refractivity contribution in [2.45, 2.75) is 6.92 Å². The minimum atomic E-state index is -0.325. The molecule has 3 rings (SSSR count). The first-order chi connectivity index (χ1) is 8.68.